The van der Waals surface area contributed by atoms with E-state index in [2.05, 4.69) is 45.0 Å². The molecule has 0 heterocycles. The van der Waals surface area contributed by atoms with Gasteiger partial charge in [0.15, 0.2) is 0 Å². The Kier molecular flexibility index (Phi) is 17.7. The quantitative estimate of drug-likeness (QED) is 0.469. The minimum Gasteiger partial charge on any atom is -0.466 e. The fourth-order valence-electron chi connectivity index (χ4n) is 3.12. The zero-order chi connectivity index (χ0) is 20.4. The lowest BCUT2D eigenvalue weighted by Crippen LogP contribution is -2.27. The molecule has 0 aromatic heterocycles. The van der Waals surface area contributed by atoms with Crippen LogP contribution in [0.15, 0.2) is 30.3 Å². The highest BCUT2D eigenvalue weighted by atomic mass is 16.5. The summed E-state index contributed by atoms with van der Waals surface area (Å²) in [5.41, 5.74) is 1.33. The van der Waals surface area contributed by atoms with Crippen molar-refractivity contribution in [1.82, 2.24) is 0 Å². The molecule has 1 aliphatic carbocycles. The van der Waals surface area contributed by atoms with E-state index in [1.54, 1.807) is 0 Å². The summed E-state index contributed by atoms with van der Waals surface area (Å²) in [4.78, 5) is 11.8. The second kappa shape index (κ2) is 17.1. The van der Waals surface area contributed by atoms with Gasteiger partial charge in [-0.05, 0) is 44.1 Å². The molecule has 0 radical (unpaired) electrons. The zero-order valence-electron chi connectivity index (χ0n) is 18.7. The third-order valence-corrected chi connectivity index (χ3v) is 4.63. The number of ether oxygens (including phenoxy) is 1. The summed E-state index contributed by atoms with van der Waals surface area (Å²) in [6.07, 6.45) is 6.66. The number of aryl methyl sites for hydroxylation is 1. The molecule has 2 rings (SSSR count). The Labute approximate surface area is 163 Å². The van der Waals surface area contributed by atoms with Crippen LogP contribution in [0.3, 0.4) is 0 Å². The first kappa shape index (κ1) is 26.9. The van der Waals surface area contributed by atoms with Gasteiger partial charge < -0.3 is 4.74 Å². The average molecular weight is 365 g/mol. The van der Waals surface area contributed by atoms with E-state index in [0.717, 1.165) is 32.1 Å². The van der Waals surface area contributed by atoms with Crippen LogP contribution in [-0.4, -0.2) is 12.6 Å². The summed E-state index contributed by atoms with van der Waals surface area (Å²) in [5, 5.41) is 0. The van der Waals surface area contributed by atoms with Crippen LogP contribution < -0.4 is 0 Å². The summed E-state index contributed by atoms with van der Waals surface area (Å²) in [6.45, 7) is 16.9. The van der Waals surface area contributed by atoms with Crippen LogP contribution in [0.2, 0.25) is 0 Å². The third kappa shape index (κ3) is 9.40. The van der Waals surface area contributed by atoms with Gasteiger partial charge in [0.25, 0.3) is 0 Å². The molecule has 1 aliphatic rings. The van der Waals surface area contributed by atoms with Crippen molar-refractivity contribution in [2.45, 2.75) is 93.9 Å². The van der Waals surface area contributed by atoms with Crippen LogP contribution >= 0.6 is 0 Å². The molecule has 1 atom stereocenters. The summed E-state index contributed by atoms with van der Waals surface area (Å²) in [7, 11) is 0. The molecule has 1 saturated carbocycles. The SMILES string of the molecule is CC.CC.CCCC(CC)C1(C(=O)OCC)CC1.CCc1ccccc1. The Hall–Kier alpha value is -1.31. The van der Waals surface area contributed by atoms with E-state index in [1.807, 2.05) is 40.7 Å². The van der Waals surface area contributed by atoms with Crippen molar-refractivity contribution < 1.29 is 9.53 Å². The highest BCUT2D eigenvalue weighted by Gasteiger charge is 2.55. The minimum atomic E-state index is -0.0826. The Balaban J connectivity index is 0. The molecule has 0 aliphatic heterocycles. The lowest BCUT2D eigenvalue weighted by molar-refractivity contribution is -0.152. The molecule has 26 heavy (non-hydrogen) atoms. The molecule has 1 aromatic rings. The van der Waals surface area contributed by atoms with Gasteiger partial charge >= 0.3 is 5.97 Å². The highest BCUT2D eigenvalue weighted by molar-refractivity contribution is 5.80. The smallest absolute Gasteiger partial charge is 0.312 e. The van der Waals surface area contributed by atoms with E-state index in [9.17, 15) is 4.79 Å². The maximum absolute atomic E-state index is 11.8. The van der Waals surface area contributed by atoms with Crippen molar-refractivity contribution in [3.8, 4) is 0 Å². The van der Waals surface area contributed by atoms with Crippen molar-refractivity contribution in [2.24, 2.45) is 11.3 Å². The minimum absolute atomic E-state index is 0.0558. The van der Waals surface area contributed by atoms with Gasteiger partial charge in [-0.1, -0.05) is 91.6 Å². The van der Waals surface area contributed by atoms with Crippen LogP contribution in [-0.2, 0) is 16.0 Å². The number of carbonyl (C=O) groups excluding carboxylic acids is 1. The van der Waals surface area contributed by atoms with Crippen LogP contribution in [0.25, 0.3) is 0 Å². The van der Waals surface area contributed by atoms with Gasteiger partial charge in [-0.2, -0.15) is 0 Å². The van der Waals surface area contributed by atoms with Gasteiger partial charge in [0, 0.05) is 0 Å². The normalized spacial score (nSPS) is 14.2. The Morgan fingerprint density at radius 3 is 1.85 bits per heavy atom. The molecule has 1 fully saturated rings. The lowest BCUT2D eigenvalue weighted by atomic mass is 9.83. The number of rotatable bonds is 7. The summed E-state index contributed by atoms with van der Waals surface area (Å²) < 4.78 is 5.16. The van der Waals surface area contributed by atoms with E-state index in [1.165, 1.54) is 12.0 Å². The number of hydrogen-bond acceptors (Lipinski definition) is 2. The first-order valence-electron chi connectivity index (χ1n) is 10.9. The van der Waals surface area contributed by atoms with Gasteiger partial charge in [-0.3, -0.25) is 4.79 Å². The van der Waals surface area contributed by atoms with Crippen molar-refractivity contribution in [3.05, 3.63) is 35.9 Å². The van der Waals surface area contributed by atoms with E-state index in [-0.39, 0.29) is 11.4 Å². The third-order valence-electron chi connectivity index (χ3n) is 4.63. The lowest BCUT2D eigenvalue weighted by Gasteiger charge is -2.23. The predicted octanol–water partition coefficient (Wildman–Crippen LogP) is 7.46. The first-order valence-corrected chi connectivity index (χ1v) is 10.9. The molecule has 0 N–H and O–H groups in total. The molecule has 0 amide bonds. The Morgan fingerprint density at radius 1 is 1.00 bits per heavy atom. The molecule has 1 unspecified atom stereocenters. The second-order valence-electron chi connectivity index (χ2n) is 6.11. The number of carbonyl (C=O) groups is 1. The van der Waals surface area contributed by atoms with Crippen molar-refractivity contribution in [2.75, 3.05) is 6.61 Å². The highest BCUT2D eigenvalue weighted by Crippen LogP contribution is 2.55. The van der Waals surface area contributed by atoms with Crippen molar-refractivity contribution in [3.63, 3.8) is 0 Å². The standard InChI is InChI=1S/C12H22O2.C8H10.2C2H6/c1-4-7-10(5-2)12(8-9-12)11(13)14-6-3;1-2-8-6-4-3-5-7-8;2*1-2/h10H,4-9H2,1-3H3;3-7H,2H2,1H3;2*1-2H3. The van der Waals surface area contributed by atoms with Crippen LogP contribution in [0, 0.1) is 11.3 Å². The van der Waals surface area contributed by atoms with Crippen LogP contribution in [0.1, 0.15) is 93.1 Å². The molecular formula is C24H44O2. The number of benzene rings is 1. The summed E-state index contributed by atoms with van der Waals surface area (Å²) in [5.74, 6) is 0.604. The fraction of sp³-hybridized carbons (Fsp3) is 0.708. The van der Waals surface area contributed by atoms with Crippen molar-refractivity contribution in [1.29, 1.82) is 0 Å². The number of esters is 1. The van der Waals surface area contributed by atoms with Crippen LogP contribution in [0.5, 0.6) is 0 Å². The summed E-state index contributed by atoms with van der Waals surface area (Å²) in [6, 6.07) is 10.5. The topological polar surface area (TPSA) is 26.3 Å². The Bertz CT molecular complexity index is 421. The van der Waals surface area contributed by atoms with E-state index in [4.69, 9.17) is 4.74 Å². The predicted molar refractivity (Wildman–Crippen MR) is 116 cm³/mol. The fourth-order valence-corrected chi connectivity index (χ4v) is 3.12. The largest absolute Gasteiger partial charge is 0.466 e. The number of hydrogen-bond donors (Lipinski definition) is 0. The second-order valence-corrected chi connectivity index (χ2v) is 6.11. The van der Waals surface area contributed by atoms with Gasteiger partial charge in [-0.15, -0.1) is 0 Å². The average Bonchev–Trinajstić information content (AvgIpc) is 3.52. The maximum atomic E-state index is 11.8. The molecular weight excluding hydrogens is 320 g/mol. The van der Waals surface area contributed by atoms with Gasteiger partial charge in [0.1, 0.15) is 0 Å². The van der Waals surface area contributed by atoms with Gasteiger partial charge in [0.2, 0.25) is 0 Å². The monoisotopic (exact) mass is 364 g/mol. The van der Waals surface area contributed by atoms with Crippen molar-refractivity contribution >= 4 is 5.97 Å². The molecule has 2 heteroatoms. The zero-order valence-corrected chi connectivity index (χ0v) is 18.7. The Morgan fingerprint density at radius 2 is 1.54 bits per heavy atom. The van der Waals surface area contributed by atoms with E-state index >= 15 is 0 Å². The molecule has 0 saturated heterocycles. The maximum Gasteiger partial charge on any atom is 0.312 e. The molecule has 1 aromatic carbocycles. The van der Waals surface area contributed by atoms with Gasteiger partial charge in [0.05, 0.1) is 12.0 Å². The molecule has 2 nitrogen and oxygen atoms in total. The van der Waals surface area contributed by atoms with E-state index in [0.29, 0.717) is 12.5 Å². The molecule has 152 valence electrons. The first-order chi connectivity index (χ1) is 12.6. The van der Waals surface area contributed by atoms with E-state index < -0.39 is 0 Å². The summed E-state index contributed by atoms with van der Waals surface area (Å²) >= 11 is 0. The van der Waals surface area contributed by atoms with Gasteiger partial charge in [-0.25, -0.2) is 0 Å². The molecule has 0 bridgehead atoms. The van der Waals surface area contributed by atoms with Crippen LogP contribution in [0.4, 0.5) is 0 Å². The molecule has 0 spiro atoms.